The van der Waals surface area contributed by atoms with Crippen molar-refractivity contribution in [2.45, 2.75) is 29.8 Å². The highest BCUT2D eigenvalue weighted by molar-refractivity contribution is 7.86. The van der Waals surface area contributed by atoms with Crippen LogP contribution in [0.2, 0.25) is 0 Å². The monoisotopic (exact) mass is 514 g/mol. The largest absolute Gasteiger partial charge is 0.457 e. The zero-order chi connectivity index (χ0) is 25.5. The third-order valence-corrected chi connectivity index (χ3v) is 4.49. The lowest BCUT2D eigenvalue weighted by atomic mass is 9.93. The van der Waals surface area contributed by atoms with E-state index in [-0.39, 0.29) is 24.1 Å². The van der Waals surface area contributed by atoms with Crippen molar-refractivity contribution in [3.05, 3.63) is 60.2 Å². The average molecular weight is 514 g/mol. The molecule has 4 nitrogen and oxygen atoms in total. The number of halogens is 10. The van der Waals surface area contributed by atoms with E-state index in [1.807, 2.05) is 0 Å². The summed E-state index contributed by atoms with van der Waals surface area (Å²) in [6.07, 6.45) is -7.08. The van der Waals surface area contributed by atoms with Crippen LogP contribution >= 0.6 is 0 Å². The molecular formula is C18H12F10O4S. The quantitative estimate of drug-likeness (QED) is 0.302. The highest BCUT2D eigenvalue weighted by Crippen LogP contribution is 2.60. The zero-order valence-corrected chi connectivity index (χ0v) is 16.8. The molecule has 0 radical (unpaired) electrons. The Balaban J connectivity index is 2.49. The lowest BCUT2D eigenvalue weighted by molar-refractivity contribution is -0.432. The van der Waals surface area contributed by atoms with Crippen molar-refractivity contribution in [3.8, 4) is 11.5 Å². The van der Waals surface area contributed by atoms with E-state index in [9.17, 15) is 52.3 Å². The second-order valence-electron chi connectivity index (χ2n) is 6.54. The molecule has 0 heterocycles. The molecule has 0 aromatic heterocycles. The molecule has 0 saturated carbocycles. The topological polar surface area (TPSA) is 52.6 Å². The molecule has 0 N–H and O–H groups in total. The molecule has 33 heavy (non-hydrogen) atoms. The number of ether oxygens (including phenoxy) is 1. The van der Waals surface area contributed by atoms with Crippen LogP contribution in [0.5, 0.6) is 11.5 Å². The van der Waals surface area contributed by atoms with Crippen LogP contribution in [0, 0.1) is 0 Å². The van der Waals surface area contributed by atoms with Crippen LogP contribution in [0.4, 0.5) is 43.9 Å². The lowest BCUT2D eigenvalue weighted by Crippen LogP contribution is -2.67. The lowest BCUT2D eigenvalue weighted by Gasteiger charge is -2.38. The molecule has 0 unspecified atom stereocenters. The van der Waals surface area contributed by atoms with Crippen molar-refractivity contribution < 1.29 is 61.2 Å². The summed E-state index contributed by atoms with van der Waals surface area (Å²) in [5.41, 5.74) is -1.98. The van der Waals surface area contributed by atoms with Crippen LogP contribution in [0.25, 0.3) is 0 Å². The Kier molecular flexibility index (Phi) is 6.75. The molecule has 0 amide bonds. The van der Waals surface area contributed by atoms with E-state index in [0.29, 0.717) is 6.07 Å². The van der Waals surface area contributed by atoms with Crippen molar-refractivity contribution >= 4 is 10.1 Å². The van der Waals surface area contributed by atoms with Crippen LogP contribution in [0.3, 0.4) is 0 Å². The van der Waals surface area contributed by atoms with Gasteiger partial charge in [-0.25, -0.2) is 0 Å². The van der Waals surface area contributed by atoms with Crippen molar-refractivity contribution in [2.75, 3.05) is 6.26 Å². The molecule has 0 saturated heterocycles. The third-order valence-electron chi connectivity index (χ3n) is 3.98. The van der Waals surface area contributed by atoms with Gasteiger partial charge in [0.25, 0.3) is 10.1 Å². The molecule has 2 aromatic rings. The van der Waals surface area contributed by atoms with Gasteiger partial charge in [-0.1, -0.05) is 30.3 Å². The number of para-hydroxylation sites is 1. The molecule has 0 bridgehead atoms. The van der Waals surface area contributed by atoms with Crippen molar-refractivity contribution in [2.24, 2.45) is 0 Å². The fourth-order valence-corrected chi connectivity index (χ4v) is 2.87. The van der Waals surface area contributed by atoms with Gasteiger partial charge in [0.15, 0.2) is 0 Å². The van der Waals surface area contributed by atoms with E-state index in [4.69, 9.17) is 4.74 Å². The number of rotatable bonds is 9. The molecule has 0 aliphatic rings. The van der Waals surface area contributed by atoms with E-state index in [2.05, 4.69) is 4.18 Å². The van der Waals surface area contributed by atoms with Gasteiger partial charge in [-0.2, -0.15) is 56.5 Å². The smallest absolute Gasteiger partial charge is 0.439 e. The number of hydrogen-bond donors (Lipinski definition) is 0. The molecule has 0 fully saturated rings. The summed E-state index contributed by atoms with van der Waals surface area (Å²) in [6, 6.07) is 8.83. The van der Waals surface area contributed by atoms with Crippen LogP contribution < -0.4 is 4.74 Å². The van der Waals surface area contributed by atoms with Crippen LogP contribution in [-0.4, -0.2) is 38.5 Å². The van der Waals surface area contributed by atoms with E-state index in [1.165, 1.54) is 30.3 Å². The third kappa shape index (κ3) is 4.88. The average Bonchev–Trinajstić information content (AvgIpc) is 2.66. The number of hydrogen-bond acceptors (Lipinski definition) is 4. The van der Waals surface area contributed by atoms with Gasteiger partial charge >= 0.3 is 29.8 Å². The van der Waals surface area contributed by atoms with Crippen LogP contribution in [0.1, 0.15) is 5.56 Å². The Bertz CT molecular complexity index is 1090. The minimum absolute atomic E-state index is 0.000782. The summed E-state index contributed by atoms with van der Waals surface area (Å²) in [6.45, 7) is 0. The zero-order valence-electron chi connectivity index (χ0n) is 16.0. The molecule has 15 heteroatoms. The van der Waals surface area contributed by atoms with Crippen molar-refractivity contribution in [1.29, 1.82) is 0 Å². The van der Waals surface area contributed by atoms with Crippen molar-refractivity contribution in [1.82, 2.24) is 0 Å². The first-order valence-corrected chi connectivity index (χ1v) is 10.2. The molecule has 0 aliphatic heterocycles. The van der Waals surface area contributed by atoms with Gasteiger partial charge in [-0.3, -0.25) is 0 Å². The van der Waals surface area contributed by atoms with Gasteiger partial charge in [-0.05, 0) is 24.3 Å². The van der Waals surface area contributed by atoms with Gasteiger partial charge in [0, 0.05) is 5.56 Å². The maximum atomic E-state index is 14.4. The first-order valence-electron chi connectivity index (χ1n) is 8.39. The summed E-state index contributed by atoms with van der Waals surface area (Å²) in [4.78, 5) is 0. The van der Waals surface area contributed by atoms with Crippen molar-refractivity contribution in [3.63, 3.8) is 0 Å². The maximum Gasteiger partial charge on any atom is 0.439 e. The fourth-order valence-electron chi connectivity index (χ4n) is 2.38. The van der Waals surface area contributed by atoms with E-state index in [1.54, 1.807) is 0 Å². The minimum atomic E-state index is -7.51. The molecule has 0 atom stereocenters. The van der Waals surface area contributed by atoms with Crippen LogP contribution in [0.15, 0.2) is 54.6 Å². The second kappa shape index (κ2) is 8.34. The van der Waals surface area contributed by atoms with Gasteiger partial charge < -0.3 is 4.74 Å². The second-order valence-corrected chi connectivity index (χ2v) is 8.12. The molecule has 184 valence electrons. The molecule has 0 aliphatic carbocycles. The summed E-state index contributed by atoms with van der Waals surface area (Å²) < 4.78 is 168. The molecule has 2 rings (SSSR count). The first kappa shape index (κ1) is 26.7. The Morgan fingerprint density at radius 1 is 0.667 bits per heavy atom. The summed E-state index contributed by atoms with van der Waals surface area (Å²) in [5, 5.41) is 0. The summed E-state index contributed by atoms with van der Waals surface area (Å²) in [7, 11) is -5.61. The Hall–Kier alpha value is -2.55. The Labute approximate surface area is 179 Å². The van der Waals surface area contributed by atoms with Crippen LogP contribution in [-0.2, 0) is 20.2 Å². The van der Waals surface area contributed by atoms with Gasteiger partial charge in [0.1, 0.15) is 11.5 Å². The normalized spacial score (nSPS) is 14.3. The molecule has 2 aromatic carbocycles. The first-order chi connectivity index (χ1) is 14.8. The SMILES string of the molecule is CS(=O)(=O)OC(F)(F)C(F)(F)C(F)(F)C(F)(F)C(F)(F)c1cccc(Oc2ccccc2)c1. The number of benzene rings is 2. The number of alkyl halides is 10. The van der Waals surface area contributed by atoms with E-state index in [0.717, 1.165) is 6.07 Å². The fraction of sp³-hybridized carbons (Fsp3) is 0.333. The Morgan fingerprint density at radius 3 is 1.70 bits per heavy atom. The van der Waals surface area contributed by atoms with Gasteiger partial charge in [-0.15, -0.1) is 0 Å². The van der Waals surface area contributed by atoms with E-state index >= 15 is 0 Å². The standard InChI is InChI=1S/C18H12F10O4S/c1-33(29,30)32-18(27,28)17(25,26)16(23,24)15(21,22)14(19,20)11-6-5-9-13(10-11)31-12-7-3-2-4-8-12/h2-10H,1H3. The highest BCUT2D eigenvalue weighted by atomic mass is 32.2. The van der Waals surface area contributed by atoms with Gasteiger partial charge in [0.2, 0.25) is 0 Å². The maximum absolute atomic E-state index is 14.4. The van der Waals surface area contributed by atoms with Gasteiger partial charge in [0.05, 0.1) is 6.26 Å². The Morgan fingerprint density at radius 2 is 1.18 bits per heavy atom. The summed E-state index contributed by atoms with van der Waals surface area (Å²) >= 11 is 0. The predicted molar refractivity (Wildman–Crippen MR) is 92.6 cm³/mol. The molecular weight excluding hydrogens is 502 g/mol. The predicted octanol–water partition coefficient (Wildman–Crippen LogP) is 6.05. The highest BCUT2D eigenvalue weighted by Gasteiger charge is 2.87. The molecule has 0 spiro atoms. The summed E-state index contributed by atoms with van der Waals surface area (Å²) in [5.74, 6) is -28.8. The van der Waals surface area contributed by atoms with E-state index < -0.39 is 51.2 Å². The minimum Gasteiger partial charge on any atom is -0.457 e.